The molecule has 1 spiro atoms. The predicted octanol–water partition coefficient (Wildman–Crippen LogP) is 3.25. The first kappa shape index (κ1) is 38.2. The third-order valence-corrected chi connectivity index (χ3v) is 12.0. The molecule has 7 unspecified atom stereocenters. The van der Waals surface area contributed by atoms with Gasteiger partial charge in [0.05, 0.1) is 36.3 Å². The molecule has 0 aromatic carbocycles. The SMILES string of the molecule is CCCCCN1CC(F)C(N2CCN(C(=O)C3CCCN3C(C)C)CC2)C(NC(=O)C(C(N)N)C2CC3(/C=C\C(F)C=N2)CCCCC3)C1. The second kappa shape index (κ2) is 17.5. The van der Waals surface area contributed by atoms with Gasteiger partial charge in [-0.2, -0.15) is 0 Å². The largest absolute Gasteiger partial charge is 0.350 e. The van der Waals surface area contributed by atoms with Crippen LogP contribution in [0, 0.1) is 11.3 Å². The number of nitrogens with zero attached hydrogens (tertiary/aromatic N) is 5. The van der Waals surface area contributed by atoms with Gasteiger partial charge in [0.1, 0.15) is 6.17 Å². The van der Waals surface area contributed by atoms with Crippen LogP contribution in [-0.2, 0) is 9.59 Å². The number of unbranched alkanes of at least 4 members (excludes halogenated alkanes) is 2. The summed E-state index contributed by atoms with van der Waals surface area (Å²) >= 11 is 0. The number of likely N-dealkylation sites (tertiary alicyclic amines) is 2. The molecule has 10 nitrogen and oxygen atoms in total. The van der Waals surface area contributed by atoms with E-state index in [1.807, 2.05) is 11.0 Å². The average Bonchev–Trinajstić information content (AvgIpc) is 3.57. The zero-order chi connectivity index (χ0) is 35.1. The van der Waals surface area contributed by atoms with E-state index < -0.39 is 42.6 Å². The summed E-state index contributed by atoms with van der Waals surface area (Å²) in [6.45, 7) is 11.2. The Bertz CT molecular complexity index is 1140. The number of piperazine rings is 1. The number of piperidine rings is 1. The van der Waals surface area contributed by atoms with E-state index in [4.69, 9.17) is 11.5 Å². The Kier molecular flexibility index (Phi) is 13.6. The van der Waals surface area contributed by atoms with Crippen molar-refractivity contribution in [3.8, 4) is 0 Å². The normalized spacial score (nSPS) is 33.1. The fourth-order valence-corrected chi connectivity index (χ4v) is 9.38. The number of carbonyl (C=O) groups is 2. The number of hydrogen-bond acceptors (Lipinski definition) is 8. The zero-order valence-electron chi connectivity index (χ0n) is 30.3. The lowest BCUT2D eigenvalue weighted by atomic mass is 9.68. The molecular formula is C37H64F2N8O2. The highest BCUT2D eigenvalue weighted by atomic mass is 19.1. The Hall–Kier alpha value is -1.99. The highest BCUT2D eigenvalue weighted by Gasteiger charge is 2.46. The van der Waals surface area contributed by atoms with E-state index in [9.17, 15) is 14.0 Å². The summed E-state index contributed by atoms with van der Waals surface area (Å²) in [4.78, 5) is 41.0. The maximum atomic E-state index is 16.4. The van der Waals surface area contributed by atoms with Gasteiger partial charge in [0.2, 0.25) is 11.8 Å². The van der Waals surface area contributed by atoms with Crippen LogP contribution in [0.2, 0.25) is 0 Å². The summed E-state index contributed by atoms with van der Waals surface area (Å²) in [6, 6.07) is -1.38. The molecule has 3 saturated heterocycles. The van der Waals surface area contributed by atoms with Crippen molar-refractivity contribution in [3.05, 3.63) is 12.2 Å². The molecule has 7 atom stereocenters. The standard InChI is InChI=1S/C37H64F2N8O2/c1-4-5-9-16-44-24-28(39)33(45-18-20-46(21-19-45)36(49)31-11-10-17-47(31)26(2)3)30(25-44)43-35(48)32(34(40)41)29-22-37(13-7-6-8-14-37)15-12-27(38)23-42-29/h12,15,23,26-34H,4-11,13-14,16-22,24-25,40-41H2,1-3H3,(H,43,48)/b15-12-,42-23?. The minimum Gasteiger partial charge on any atom is -0.350 e. The lowest BCUT2D eigenvalue weighted by Gasteiger charge is -2.49. The fraction of sp³-hybridized carbons (Fsp3) is 0.865. The number of alkyl halides is 2. The zero-order valence-corrected chi connectivity index (χ0v) is 30.3. The van der Waals surface area contributed by atoms with Crippen LogP contribution in [0.1, 0.15) is 91.4 Å². The maximum Gasteiger partial charge on any atom is 0.240 e. The monoisotopic (exact) mass is 691 g/mol. The van der Waals surface area contributed by atoms with Crippen molar-refractivity contribution in [2.45, 2.75) is 140 Å². The highest BCUT2D eigenvalue weighted by molar-refractivity contribution is 5.82. The van der Waals surface area contributed by atoms with Crippen molar-refractivity contribution < 1.29 is 18.4 Å². The molecule has 278 valence electrons. The van der Waals surface area contributed by atoms with E-state index in [-0.39, 0.29) is 23.3 Å². The summed E-state index contributed by atoms with van der Waals surface area (Å²) < 4.78 is 31.2. The Balaban J connectivity index is 1.31. The molecule has 0 aromatic heterocycles. The van der Waals surface area contributed by atoms with Gasteiger partial charge in [0.25, 0.3) is 0 Å². The van der Waals surface area contributed by atoms with Crippen LogP contribution in [-0.4, -0.2) is 139 Å². The molecule has 4 aliphatic heterocycles. The third kappa shape index (κ3) is 9.47. The first-order chi connectivity index (χ1) is 23.5. The maximum absolute atomic E-state index is 16.4. The van der Waals surface area contributed by atoms with E-state index in [2.05, 4.69) is 45.8 Å². The molecule has 2 amide bonds. The molecule has 1 aliphatic carbocycles. The molecule has 4 heterocycles. The molecule has 0 aromatic rings. The highest BCUT2D eigenvalue weighted by Crippen LogP contribution is 2.44. The summed E-state index contributed by atoms with van der Waals surface area (Å²) in [5, 5.41) is 3.24. The Labute approximate surface area is 293 Å². The molecule has 49 heavy (non-hydrogen) atoms. The molecule has 0 bridgehead atoms. The smallest absolute Gasteiger partial charge is 0.240 e. The minimum atomic E-state index is -1.33. The number of aliphatic imine (C=N–C) groups is 1. The van der Waals surface area contributed by atoms with Crippen molar-refractivity contribution in [1.82, 2.24) is 24.9 Å². The number of carbonyl (C=O) groups excluding carboxylic acids is 2. The van der Waals surface area contributed by atoms with Crippen LogP contribution in [0.5, 0.6) is 0 Å². The van der Waals surface area contributed by atoms with Crippen molar-refractivity contribution in [1.29, 1.82) is 0 Å². The molecule has 5 N–H and O–H groups in total. The quantitative estimate of drug-likeness (QED) is 0.173. The van der Waals surface area contributed by atoms with Crippen LogP contribution in [0.4, 0.5) is 8.78 Å². The van der Waals surface area contributed by atoms with E-state index in [1.165, 1.54) is 6.21 Å². The summed E-state index contributed by atoms with van der Waals surface area (Å²) in [7, 11) is 0. The second-order valence-corrected chi connectivity index (χ2v) is 15.8. The van der Waals surface area contributed by atoms with Crippen LogP contribution in [0.25, 0.3) is 0 Å². The number of halogens is 2. The van der Waals surface area contributed by atoms with Crippen LogP contribution in [0.3, 0.4) is 0 Å². The number of hydrogen-bond donors (Lipinski definition) is 3. The Morgan fingerprint density at radius 1 is 1.00 bits per heavy atom. The second-order valence-electron chi connectivity index (χ2n) is 15.8. The molecular weight excluding hydrogens is 626 g/mol. The summed E-state index contributed by atoms with van der Waals surface area (Å²) in [5.41, 5.74) is 12.5. The molecule has 5 rings (SSSR count). The number of nitrogens with two attached hydrogens (primary N) is 2. The molecule has 1 saturated carbocycles. The fourth-order valence-electron chi connectivity index (χ4n) is 9.38. The molecule has 5 aliphatic rings. The number of nitrogens with one attached hydrogen (secondary N) is 1. The first-order valence-electron chi connectivity index (χ1n) is 19.3. The van der Waals surface area contributed by atoms with Crippen molar-refractivity contribution in [2.75, 3.05) is 52.4 Å². The molecule has 0 radical (unpaired) electrons. The third-order valence-electron chi connectivity index (χ3n) is 12.0. The van der Waals surface area contributed by atoms with E-state index in [0.717, 1.165) is 77.3 Å². The van der Waals surface area contributed by atoms with Gasteiger partial charge in [-0.25, -0.2) is 8.78 Å². The summed E-state index contributed by atoms with van der Waals surface area (Å²) in [6.07, 6.45) is 12.0. The number of rotatable bonds is 11. The van der Waals surface area contributed by atoms with Gasteiger partial charge in [-0.1, -0.05) is 45.1 Å². The number of allylic oxidation sites excluding steroid dienone is 2. The van der Waals surface area contributed by atoms with Gasteiger partial charge in [-0.05, 0) is 77.0 Å². The minimum absolute atomic E-state index is 0.0804. The van der Waals surface area contributed by atoms with Gasteiger partial charge in [-0.15, -0.1) is 0 Å². The van der Waals surface area contributed by atoms with Gasteiger partial charge >= 0.3 is 0 Å². The topological polar surface area (TPSA) is 124 Å². The van der Waals surface area contributed by atoms with E-state index in [0.29, 0.717) is 51.7 Å². The lowest BCUT2D eigenvalue weighted by molar-refractivity contribution is -0.139. The van der Waals surface area contributed by atoms with Crippen LogP contribution < -0.4 is 16.8 Å². The van der Waals surface area contributed by atoms with Crippen LogP contribution in [0.15, 0.2) is 17.1 Å². The lowest BCUT2D eigenvalue weighted by Crippen LogP contribution is -2.69. The molecule has 12 heteroatoms. The summed E-state index contributed by atoms with van der Waals surface area (Å²) in [5.74, 6) is -1.05. The van der Waals surface area contributed by atoms with Gasteiger partial charge in [0, 0.05) is 51.5 Å². The van der Waals surface area contributed by atoms with E-state index in [1.54, 1.807) is 6.08 Å². The Morgan fingerprint density at radius 2 is 1.73 bits per heavy atom. The predicted molar refractivity (Wildman–Crippen MR) is 192 cm³/mol. The van der Waals surface area contributed by atoms with Gasteiger partial charge in [-0.3, -0.25) is 29.3 Å². The van der Waals surface area contributed by atoms with E-state index >= 15 is 4.39 Å². The van der Waals surface area contributed by atoms with Crippen molar-refractivity contribution >= 4 is 18.0 Å². The molecule has 4 fully saturated rings. The van der Waals surface area contributed by atoms with Crippen LogP contribution >= 0.6 is 0 Å². The van der Waals surface area contributed by atoms with Crippen molar-refractivity contribution in [2.24, 2.45) is 27.8 Å². The Morgan fingerprint density at radius 3 is 2.41 bits per heavy atom. The first-order valence-corrected chi connectivity index (χ1v) is 19.3. The average molecular weight is 691 g/mol. The van der Waals surface area contributed by atoms with Gasteiger partial charge in [0.15, 0.2) is 6.17 Å². The van der Waals surface area contributed by atoms with Crippen molar-refractivity contribution in [3.63, 3.8) is 0 Å². The van der Waals surface area contributed by atoms with Gasteiger partial charge < -0.3 is 21.7 Å². The number of amides is 2.